The van der Waals surface area contributed by atoms with Crippen molar-refractivity contribution in [2.75, 3.05) is 38.2 Å². The summed E-state index contributed by atoms with van der Waals surface area (Å²) in [6.45, 7) is 3.22. The molecule has 2 aromatic carbocycles. The van der Waals surface area contributed by atoms with Gasteiger partial charge in [-0.2, -0.15) is 4.31 Å². The molecule has 1 amide bonds. The van der Waals surface area contributed by atoms with E-state index in [0.29, 0.717) is 37.7 Å². The summed E-state index contributed by atoms with van der Waals surface area (Å²) < 4.78 is 38.3. The van der Waals surface area contributed by atoms with Gasteiger partial charge in [0, 0.05) is 23.2 Å². The topological polar surface area (TPSA) is 84.9 Å². The van der Waals surface area contributed by atoms with Crippen molar-refractivity contribution < 1.29 is 22.7 Å². The van der Waals surface area contributed by atoms with E-state index in [9.17, 15) is 13.2 Å². The minimum absolute atomic E-state index is 0.143. The van der Waals surface area contributed by atoms with E-state index in [2.05, 4.69) is 21.2 Å². The second kappa shape index (κ2) is 9.04. The zero-order valence-corrected chi connectivity index (χ0v) is 17.8. The molecule has 0 saturated carbocycles. The molecule has 0 atom stereocenters. The monoisotopic (exact) mass is 468 g/mol. The van der Waals surface area contributed by atoms with Crippen LogP contribution in [0.1, 0.15) is 5.56 Å². The van der Waals surface area contributed by atoms with Gasteiger partial charge in [0.25, 0.3) is 5.91 Å². The summed E-state index contributed by atoms with van der Waals surface area (Å²) in [5, 5.41) is 2.70. The minimum atomic E-state index is -3.55. The van der Waals surface area contributed by atoms with Crippen LogP contribution in [0.2, 0.25) is 0 Å². The maximum absolute atomic E-state index is 12.6. The Hall–Kier alpha value is -1.94. The first kappa shape index (κ1) is 20.8. The highest BCUT2D eigenvalue weighted by Crippen LogP contribution is 2.22. The number of halogens is 1. The number of sulfonamides is 1. The molecule has 0 radical (unpaired) electrons. The van der Waals surface area contributed by atoms with E-state index in [0.717, 1.165) is 10.0 Å². The van der Waals surface area contributed by atoms with Gasteiger partial charge in [0.15, 0.2) is 6.61 Å². The summed E-state index contributed by atoms with van der Waals surface area (Å²) in [6, 6.07) is 11.6. The van der Waals surface area contributed by atoms with Crippen molar-refractivity contribution >= 4 is 37.5 Å². The molecule has 1 fully saturated rings. The van der Waals surface area contributed by atoms with Gasteiger partial charge in [0.1, 0.15) is 5.75 Å². The molecule has 7 nitrogen and oxygen atoms in total. The second-order valence-corrected chi connectivity index (χ2v) is 9.14. The Bertz CT molecular complexity index is 941. The molecule has 0 spiro atoms. The Labute approximate surface area is 172 Å². The molecule has 1 aliphatic heterocycles. The van der Waals surface area contributed by atoms with Gasteiger partial charge in [-0.15, -0.1) is 0 Å². The normalized spacial score (nSPS) is 15.2. The van der Waals surface area contributed by atoms with Crippen LogP contribution in [0.15, 0.2) is 51.8 Å². The molecule has 0 aliphatic carbocycles. The van der Waals surface area contributed by atoms with Crippen LogP contribution in [-0.2, 0) is 19.6 Å². The van der Waals surface area contributed by atoms with Crippen LogP contribution in [0.5, 0.6) is 5.75 Å². The van der Waals surface area contributed by atoms with E-state index in [-0.39, 0.29) is 17.4 Å². The summed E-state index contributed by atoms with van der Waals surface area (Å²) in [6.07, 6.45) is 0. The highest BCUT2D eigenvalue weighted by atomic mass is 79.9. The lowest BCUT2D eigenvalue weighted by Gasteiger charge is -2.26. The van der Waals surface area contributed by atoms with Gasteiger partial charge < -0.3 is 14.8 Å². The molecule has 0 unspecified atom stereocenters. The Morgan fingerprint density at radius 3 is 2.50 bits per heavy atom. The summed E-state index contributed by atoms with van der Waals surface area (Å²) in [7, 11) is -3.55. The molecular formula is C19H21BrN2O5S. The summed E-state index contributed by atoms with van der Waals surface area (Å²) >= 11 is 3.38. The maximum atomic E-state index is 12.6. The van der Waals surface area contributed by atoms with E-state index >= 15 is 0 Å². The Kier molecular flexibility index (Phi) is 6.71. The molecule has 1 saturated heterocycles. The fourth-order valence-corrected chi connectivity index (χ4v) is 4.64. The first-order chi connectivity index (χ1) is 13.4. The minimum Gasteiger partial charge on any atom is -0.483 e. The number of hydrogen-bond donors (Lipinski definition) is 1. The number of aryl methyl sites for hydroxylation is 1. The molecule has 0 aromatic heterocycles. The lowest BCUT2D eigenvalue weighted by Crippen LogP contribution is -2.40. The van der Waals surface area contributed by atoms with Gasteiger partial charge in [0.2, 0.25) is 10.0 Å². The van der Waals surface area contributed by atoms with Gasteiger partial charge in [-0.3, -0.25) is 4.79 Å². The smallest absolute Gasteiger partial charge is 0.262 e. The third-order valence-electron chi connectivity index (χ3n) is 4.24. The van der Waals surface area contributed by atoms with Crippen molar-refractivity contribution in [1.82, 2.24) is 4.31 Å². The fourth-order valence-electron chi connectivity index (χ4n) is 2.76. The van der Waals surface area contributed by atoms with E-state index < -0.39 is 10.0 Å². The van der Waals surface area contributed by atoms with Crippen LogP contribution in [-0.4, -0.2) is 51.5 Å². The van der Waals surface area contributed by atoms with E-state index in [4.69, 9.17) is 9.47 Å². The highest BCUT2D eigenvalue weighted by molar-refractivity contribution is 9.10. The van der Waals surface area contributed by atoms with Crippen LogP contribution in [0.4, 0.5) is 5.69 Å². The molecule has 3 rings (SSSR count). The number of ether oxygens (including phenoxy) is 2. The van der Waals surface area contributed by atoms with Crippen molar-refractivity contribution in [3.8, 4) is 5.75 Å². The van der Waals surface area contributed by atoms with Crippen LogP contribution in [0.3, 0.4) is 0 Å². The Morgan fingerprint density at radius 1 is 1.18 bits per heavy atom. The lowest BCUT2D eigenvalue weighted by atomic mass is 10.2. The second-order valence-electron chi connectivity index (χ2n) is 6.29. The largest absolute Gasteiger partial charge is 0.483 e. The van der Waals surface area contributed by atoms with Crippen LogP contribution < -0.4 is 10.1 Å². The molecule has 2 aromatic rings. The molecule has 150 valence electrons. The SMILES string of the molecule is Cc1cc(Br)ccc1OCC(=O)Nc1ccc(S(=O)(=O)N2CCOCC2)cc1. The number of rotatable bonds is 6. The van der Waals surface area contributed by atoms with Crippen molar-refractivity contribution in [1.29, 1.82) is 0 Å². The standard InChI is InChI=1S/C19H21BrN2O5S/c1-14-12-15(20)2-7-18(14)27-13-19(23)21-16-3-5-17(6-4-16)28(24,25)22-8-10-26-11-9-22/h2-7,12H,8-11,13H2,1H3,(H,21,23). The zero-order valence-electron chi connectivity index (χ0n) is 15.4. The molecule has 1 heterocycles. The third-order valence-corrected chi connectivity index (χ3v) is 6.65. The number of nitrogens with zero attached hydrogens (tertiary/aromatic N) is 1. The molecule has 28 heavy (non-hydrogen) atoms. The average Bonchev–Trinajstić information content (AvgIpc) is 2.68. The van der Waals surface area contributed by atoms with Crippen molar-refractivity contribution in [3.05, 3.63) is 52.5 Å². The number of nitrogens with one attached hydrogen (secondary N) is 1. The van der Waals surface area contributed by atoms with E-state index in [1.807, 2.05) is 19.1 Å². The predicted octanol–water partition coefficient (Wildman–Crippen LogP) is 2.80. The Morgan fingerprint density at radius 2 is 1.86 bits per heavy atom. The van der Waals surface area contributed by atoms with Gasteiger partial charge in [-0.25, -0.2) is 8.42 Å². The lowest BCUT2D eigenvalue weighted by molar-refractivity contribution is -0.118. The number of morpholine rings is 1. The number of anilines is 1. The first-order valence-electron chi connectivity index (χ1n) is 8.73. The third kappa shape index (κ3) is 5.11. The average molecular weight is 469 g/mol. The first-order valence-corrected chi connectivity index (χ1v) is 11.0. The maximum Gasteiger partial charge on any atom is 0.262 e. The molecule has 1 aliphatic rings. The number of benzene rings is 2. The molecule has 9 heteroatoms. The Balaban J connectivity index is 1.58. The quantitative estimate of drug-likeness (QED) is 0.704. The van der Waals surface area contributed by atoms with Crippen molar-refractivity contribution in [3.63, 3.8) is 0 Å². The van der Waals surface area contributed by atoms with Crippen LogP contribution >= 0.6 is 15.9 Å². The summed E-state index contributed by atoms with van der Waals surface area (Å²) in [5.74, 6) is 0.302. The number of amides is 1. The summed E-state index contributed by atoms with van der Waals surface area (Å²) in [4.78, 5) is 12.3. The van der Waals surface area contributed by atoms with Gasteiger partial charge in [-0.05, 0) is 55.0 Å². The number of hydrogen-bond acceptors (Lipinski definition) is 5. The zero-order chi connectivity index (χ0) is 20.1. The van der Waals surface area contributed by atoms with E-state index in [1.165, 1.54) is 16.4 Å². The van der Waals surface area contributed by atoms with Crippen LogP contribution in [0, 0.1) is 6.92 Å². The van der Waals surface area contributed by atoms with Gasteiger partial charge >= 0.3 is 0 Å². The predicted molar refractivity (Wildman–Crippen MR) is 109 cm³/mol. The van der Waals surface area contributed by atoms with Gasteiger partial charge in [-0.1, -0.05) is 15.9 Å². The summed E-state index contributed by atoms with van der Waals surface area (Å²) in [5.41, 5.74) is 1.42. The molecule has 1 N–H and O–H groups in total. The van der Waals surface area contributed by atoms with Crippen LogP contribution in [0.25, 0.3) is 0 Å². The van der Waals surface area contributed by atoms with Gasteiger partial charge in [0.05, 0.1) is 18.1 Å². The number of carbonyl (C=O) groups excluding carboxylic acids is 1. The molecule has 0 bridgehead atoms. The molecular weight excluding hydrogens is 448 g/mol. The highest BCUT2D eigenvalue weighted by Gasteiger charge is 2.26. The van der Waals surface area contributed by atoms with Crippen molar-refractivity contribution in [2.24, 2.45) is 0 Å². The van der Waals surface area contributed by atoms with E-state index in [1.54, 1.807) is 18.2 Å². The fraction of sp³-hybridized carbons (Fsp3) is 0.316. The van der Waals surface area contributed by atoms with Crippen molar-refractivity contribution in [2.45, 2.75) is 11.8 Å². The number of carbonyl (C=O) groups is 1.